The van der Waals surface area contributed by atoms with Crippen molar-refractivity contribution in [3.8, 4) is 17.2 Å². The molecule has 3 aromatic rings. The van der Waals surface area contributed by atoms with E-state index in [1.165, 1.54) is 19.2 Å². The molecule has 0 aliphatic carbocycles. The Kier molecular flexibility index (Phi) is 7.82. The van der Waals surface area contributed by atoms with Crippen LogP contribution >= 0.6 is 0 Å². The van der Waals surface area contributed by atoms with E-state index >= 15 is 0 Å². The molecule has 0 spiro atoms. The first-order chi connectivity index (χ1) is 16.9. The van der Waals surface area contributed by atoms with Crippen molar-refractivity contribution >= 4 is 5.97 Å². The van der Waals surface area contributed by atoms with Gasteiger partial charge in [0.05, 0.1) is 7.11 Å². The monoisotopic (exact) mass is 483 g/mol. The zero-order valence-electron chi connectivity index (χ0n) is 19.3. The van der Waals surface area contributed by atoms with Gasteiger partial charge in [-0.3, -0.25) is 0 Å². The molecule has 6 nitrogen and oxygen atoms in total. The molecule has 0 saturated carbocycles. The summed E-state index contributed by atoms with van der Waals surface area (Å²) in [5.74, 6) is -1.33. The number of ether oxygens (including phenoxy) is 3. The molecular weight excluding hydrogens is 456 g/mol. The van der Waals surface area contributed by atoms with E-state index in [0.29, 0.717) is 25.9 Å². The van der Waals surface area contributed by atoms with Crippen LogP contribution in [0.25, 0.3) is 0 Å². The van der Waals surface area contributed by atoms with E-state index < -0.39 is 18.4 Å². The number of hydrogen-bond donors (Lipinski definition) is 2. The van der Waals surface area contributed by atoms with E-state index in [4.69, 9.17) is 19.3 Å². The summed E-state index contributed by atoms with van der Waals surface area (Å²) in [5, 5.41) is 12.3. The quantitative estimate of drug-likeness (QED) is 0.412. The minimum Gasteiger partial charge on any atom is -0.494 e. The molecule has 1 heterocycles. The first-order valence-electron chi connectivity index (χ1n) is 11.4. The normalized spacial score (nSPS) is 16.8. The average Bonchev–Trinajstić information content (AvgIpc) is 2.86. The van der Waals surface area contributed by atoms with Gasteiger partial charge in [-0.1, -0.05) is 30.3 Å². The van der Waals surface area contributed by atoms with Crippen molar-refractivity contribution in [1.29, 1.82) is 0 Å². The highest BCUT2D eigenvalue weighted by atomic mass is 19.1. The molecule has 1 aliphatic heterocycles. The van der Waals surface area contributed by atoms with Crippen molar-refractivity contribution in [2.24, 2.45) is 0 Å². The number of methoxy groups -OCH3 is 1. The largest absolute Gasteiger partial charge is 0.494 e. The van der Waals surface area contributed by atoms with Gasteiger partial charge in [0.15, 0.2) is 29.7 Å². The van der Waals surface area contributed by atoms with E-state index in [2.05, 4.69) is 5.32 Å². The lowest BCUT2D eigenvalue weighted by Gasteiger charge is -2.33. The minimum absolute atomic E-state index is 0.0686. The third kappa shape index (κ3) is 6.08. The molecule has 0 bridgehead atoms. The molecule has 8 heteroatoms. The first kappa shape index (κ1) is 24.5. The summed E-state index contributed by atoms with van der Waals surface area (Å²) in [6.07, 6.45) is 1.22. The molecule has 2 atom stereocenters. The van der Waals surface area contributed by atoms with Gasteiger partial charge in [0, 0.05) is 18.0 Å². The number of nitrogens with one attached hydrogen (secondary N) is 1. The number of benzene rings is 3. The number of rotatable bonds is 10. The van der Waals surface area contributed by atoms with Crippen molar-refractivity contribution in [2.45, 2.75) is 24.9 Å². The predicted octanol–water partition coefficient (Wildman–Crippen LogP) is 4.55. The Hall–Kier alpha value is -3.65. The highest BCUT2D eigenvalue weighted by Crippen LogP contribution is 2.41. The Bertz CT molecular complexity index is 1190. The fourth-order valence-corrected chi connectivity index (χ4v) is 4.28. The van der Waals surface area contributed by atoms with E-state index in [0.717, 1.165) is 22.4 Å². The van der Waals surface area contributed by atoms with Gasteiger partial charge in [-0.2, -0.15) is 0 Å². The maximum absolute atomic E-state index is 14.2. The number of halogens is 2. The zero-order chi connectivity index (χ0) is 24.8. The number of carboxylic acid groups (broad SMARTS) is 1. The Balaban J connectivity index is 1.43. The van der Waals surface area contributed by atoms with E-state index in [-0.39, 0.29) is 29.3 Å². The number of carbonyl (C=O) groups is 1. The number of fused-ring (bicyclic) bond motifs is 1. The molecule has 0 aromatic heterocycles. The summed E-state index contributed by atoms with van der Waals surface area (Å²) in [5.41, 5.74) is 2.77. The van der Waals surface area contributed by atoms with Crippen LogP contribution in [0, 0.1) is 11.6 Å². The summed E-state index contributed by atoms with van der Waals surface area (Å²) < 4.78 is 44.2. The van der Waals surface area contributed by atoms with Gasteiger partial charge in [-0.05, 0) is 60.8 Å². The molecule has 0 saturated heterocycles. The molecule has 4 rings (SSSR count). The minimum atomic E-state index is -1.17. The average molecular weight is 484 g/mol. The second-order valence-corrected chi connectivity index (χ2v) is 8.36. The van der Waals surface area contributed by atoms with Crippen molar-refractivity contribution in [3.05, 3.63) is 89.0 Å². The SMILES string of the molecule is COc1cc(CCNC[C@H]2CC(c3ccc(F)c(OCC(=O)O)c3)c3ccccc3O2)ccc1F. The second-order valence-electron chi connectivity index (χ2n) is 8.36. The molecule has 0 radical (unpaired) electrons. The van der Waals surface area contributed by atoms with Crippen LogP contribution in [0.1, 0.15) is 29.0 Å². The van der Waals surface area contributed by atoms with Crippen molar-refractivity contribution in [3.63, 3.8) is 0 Å². The smallest absolute Gasteiger partial charge is 0.341 e. The molecular formula is C27H27F2NO5. The second kappa shape index (κ2) is 11.2. The highest BCUT2D eigenvalue weighted by molar-refractivity contribution is 5.68. The Morgan fingerprint density at radius 1 is 1.09 bits per heavy atom. The predicted molar refractivity (Wildman–Crippen MR) is 126 cm³/mol. The molecule has 184 valence electrons. The topological polar surface area (TPSA) is 77.0 Å². The van der Waals surface area contributed by atoms with Crippen LogP contribution in [0.2, 0.25) is 0 Å². The molecule has 3 aromatic carbocycles. The van der Waals surface area contributed by atoms with Gasteiger partial charge >= 0.3 is 5.97 Å². The van der Waals surface area contributed by atoms with E-state index in [1.807, 2.05) is 24.3 Å². The van der Waals surface area contributed by atoms with Gasteiger partial charge in [0.2, 0.25) is 0 Å². The molecule has 1 unspecified atom stereocenters. The fourth-order valence-electron chi connectivity index (χ4n) is 4.28. The molecule has 0 amide bonds. The maximum Gasteiger partial charge on any atom is 0.341 e. The van der Waals surface area contributed by atoms with Crippen molar-refractivity contribution in [1.82, 2.24) is 5.32 Å². The van der Waals surface area contributed by atoms with Gasteiger partial charge in [-0.25, -0.2) is 13.6 Å². The number of carboxylic acids is 1. The molecule has 35 heavy (non-hydrogen) atoms. The molecule has 1 aliphatic rings. The molecule has 0 fully saturated rings. The third-order valence-corrected chi connectivity index (χ3v) is 5.97. The Labute approximate surface area is 202 Å². The van der Waals surface area contributed by atoms with Crippen molar-refractivity contribution < 1.29 is 32.9 Å². The van der Waals surface area contributed by atoms with E-state index in [1.54, 1.807) is 24.3 Å². The fraction of sp³-hybridized carbons (Fsp3) is 0.296. The van der Waals surface area contributed by atoms with Crippen LogP contribution in [0.15, 0.2) is 60.7 Å². The number of hydrogen-bond acceptors (Lipinski definition) is 5. The highest BCUT2D eigenvalue weighted by Gasteiger charge is 2.29. The van der Waals surface area contributed by atoms with Crippen LogP contribution in [0.3, 0.4) is 0 Å². The summed E-state index contributed by atoms with van der Waals surface area (Å²) in [6.45, 7) is 0.647. The van der Waals surface area contributed by atoms with Crippen LogP contribution in [-0.2, 0) is 11.2 Å². The lowest BCUT2D eigenvalue weighted by molar-refractivity contribution is -0.139. The van der Waals surface area contributed by atoms with Gasteiger partial charge in [-0.15, -0.1) is 0 Å². The van der Waals surface area contributed by atoms with Crippen LogP contribution in [0.5, 0.6) is 17.2 Å². The van der Waals surface area contributed by atoms with Gasteiger partial charge in [0.25, 0.3) is 0 Å². The number of para-hydroxylation sites is 1. The summed E-state index contributed by atoms with van der Waals surface area (Å²) in [6, 6.07) is 17.1. The first-order valence-corrected chi connectivity index (χ1v) is 11.4. The zero-order valence-corrected chi connectivity index (χ0v) is 19.3. The summed E-state index contributed by atoms with van der Waals surface area (Å²) in [7, 11) is 1.44. The maximum atomic E-state index is 14.2. The number of aliphatic carboxylic acids is 1. The van der Waals surface area contributed by atoms with Gasteiger partial charge < -0.3 is 24.6 Å². The van der Waals surface area contributed by atoms with Crippen molar-refractivity contribution in [2.75, 3.05) is 26.8 Å². The lowest BCUT2D eigenvalue weighted by Crippen LogP contribution is -2.36. The van der Waals surface area contributed by atoms with E-state index in [9.17, 15) is 13.6 Å². The third-order valence-electron chi connectivity index (χ3n) is 5.97. The summed E-state index contributed by atoms with van der Waals surface area (Å²) >= 11 is 0. The standard InChI is InChI=1S/C27H27F2NO5/c1-33-25-12-17(6-8-22(25)28)10-11-30-15-19-14-21(20-4-2-3-5-24(20)35-19)18-7-9-23(29)26(13-18)34-16-27(31)32/h2-9,12-13,19,21,30H,10-11,14-16H2,1H3,(H,31,32)/t19-,21?/m1/s1. The van der Waals surface area contributed by atoms with Crippen LogP contribution < -0.4 is 19.5 Å². The van der Waals surface area contributed by atoms with Gasteiger partial charge in [0.1, 0.15) is 11.9 Å². The summed E-state index contributed by atoms with van der Waals surface area (Å²) in [4.78, 5) is 10.8. The van der Waals surface area contributed by atoms with Crippen LogP contribution in [-0.4, -0.2) is 44.0 Å². The Morgan fingerprint density at radius 2 is 1.86 bits per heavy atom. The Morgan fingerprint density at radius 3 is 2.66 bits per heavy atom. The molecule has 2 N–H and O–H groups in total. The lowest BCUT2D eigenvalue weighted by atomic mass is 9.84. The van der Waals surface area contributed by atoms with Crippen LogP contribution in [0.4, 0.5) is 8.78 Å².